The molecule has 176 valence electrons. The normalized spacial score (nSPS) is 17.9. The van der Waals surface area contributed by atoms with Gasteiger partial charge in [-0.1, -0.05) is 92.8 Å². The Kier molecular flexibility index (Phi) is 5.56. The molecule has 6 heteroatoms. The standard InChI is InChI=1S/C29H26N2O3S/c1-17-10-15-21-22(16-17)35-28(30-21)31-24(18-11-13-20(14-12-18)29(2,3)4)23(26(33)27(31)34)25(32)19-8-6-5-7-9-19/h5-16,24,32H,1-4H3/t24-/m0/s1. The van der Waals surface area contributed by atoms with Gasteiger partial charge in [-0.05, 0) is 41.2 Å². The number of anilines is 1. The second-order valence-corrected chi connectivity index (χ2v) is 10.9. The zero-order valence-electron chi connectivity index (χ0n) is 20.1. The summed E-state index contributed by atoms with van der Waals surface area (Å²) in [5.41, 5.74) is 4.24. The van der Waals surface area contributed by atoms with Crippen molar-refractivity contribution in [1.82, 2.24) is 4.98 Å². The summed E-state index contributed by atoms with van der Waals surface area (Å²) in [5.74, 6) is -1.59. The number of rotatable bonds is 3. The van der Waals surface area contributed by atoms with E-state index in [0.717, 1.165) is 26.9 Å². The van der Waals surface area contributed by atoms with Crippen LogP contribution < -0.4 is 4.90 Å². The first kappa shape index (κ1) is 23.0. The van der Waals surface area contributed by atoms with Crippen LogP contribution in [0.1, 0.15) is 49.1 Å². The Labute approximate surface area is 208 Å². The molecular weight excluding hydrogens is 456 g/mol. The molecule has 1 atom stereocenters. The number of nitrogens with zero attached hydrogens (tertiary/aromatic N) is 2. The highest BCUT2D eigenvalue weighted by atomic mass is 32.1. The van der Waals surface area contributed by atoms with Gasteiger partial charge in [0.1, 0.15) is 5.76 Å². The average Bonchev–Trinajstić information content (AvgIpc) is 3.36. The molecule has 0 saturated carbocycles. The van der Waals surface area contributed by atoms with E-state index in [1.807, 2.05) is 55.5 Å². The highest BCUT2D eigenvalue weighted by molar-refractivity contribution is 7.22. The zero-order valence-corrected chi connectivity index (χ0v) is 20.9. The number of amides is 1. The number of aliphatic hydroxyl groups is 1. The summed E-state index contributed by atoms with van der Waals surface area (Å²) in [6, 6.07) is 21.9. The molecule has 2 heterocycles. The van der Waals surface area contributed by atoms with Crippen LogP contribution in [0.2, 0.25) is 0 Å². The molecule has 35 heavy (non-hydrogen) atoms. The monoisotopic (exact) mass is 482 g/mol. The van der Waals surface area contributed by atoms with E-state index < -0.39 is 17.7 Å². The third kappa shape index (κ3) is 4.04. The largest absolute Gasteiger partial charge is 0.507 e. The fraction of sp³-hybridized carbons (Fsp3) is 0.207. The first-order chi connectivity index (χ1) is 16.6. The number of carbonyl (C=O) groups excluding carboxylic acids is 2. The molecule has 0 spiro atoms. The number of aryl methyl sites for hydroxylation is 1. The van der Waals surface area contributed by atoms with Crippen molar-refractivity contribution in [2.45, 2.75) is 39.2 Å². The van der Waals surface area contributed by atoms with Gasteiger partial charge in [0.15, 0.2) is 5.13 Å². The van der Waals surface area contributed by atoms with Gasteiger partial charge in [-0.3, -0.25) is 14.5 Å². The van der Waals surface area contributed by atoms with E-state index >= 15 is 0 Å². The predicted molar refractivity (Wildman–Crippen MR) is 141 cm³/mol. The third-order valence-electron chi connectivity index (χ3n) is 6.32. The molecule has 1 N–H and O–H groups in total. The van der Waals surface area contributed by atoms with Gasteiger partial charge in [-0.2, -0.15) is 0 Å². The average molecular weight is 483 g/mol. The maximum absolute atomic E-state index is 13.4. The molecule has 0 aliphatic carbocycles. The number of ketones is 1. The Morgan fingerprint density at radius 2 is 1.66 bits per heavy atom. The molecule has 1 amide bonds. The fourth-order valence-electron chi connectivity index (χ4n) is 4.38. The van der Waals surface area contributed by atoms with Gasteiger partial charge in [0.25, 0.3) is 5.78 Å². The van der Waals surface area contributed by atoms with Crippen molar-refractivity contribution in [3.63, 3.8) is 0 Å². The fourth-order valence-corrected chi connectivity index (χ4v) is 5.48. The van der Waals surface area contributed by atoms with E-state index in [4.69, 9.17) is 0 Å². The van der Waals surface area contributed by atoms with Crippen LogP contribution in [0.25, 0.3) is 16.0 Å². The van der Waals surface area contributed by atoms with Crippen molar-refractivity contribution >= 4 is 44.1 Å². The van der Waals surface area contributed by atoms with Crippen molar-refractivity contribution in [1.29, 1.82) is 0 Å². The van der Waals surface area contributed by atoms with E-state index in [9.17, 15) is 14.7 Å². The van der Waals surface area contributed by atoms with Gasteiger partial charge >= 0.3 is 5.91 Å². The van der Waals surface area contributed by atoms with Crippen molar-refractivity contribution in [3.8, 4) is 0 Å². The van der Waals surface area contributed by atoms with Crippen LogP contribution in [-0.2, 0) is 15.0 Å². The first-order valence-electron chi connectivity index (χ1n) is 11.5. The summed E-state index contributed by atoms with van der Waals surface area (Å²) in [6.45, 7) is 8.40. The lowest BCUT2D eigenvalue weighted by Gasteiger charge is -2.24. The van der Waals surface area contributed by atoms with Crippen molar-refractivity contribution in [2.75, 3.05) is 4.90 Å². The summed E-state index contributed by atoms with van der Waals surface area (Å²) in [6.07, 6.45) is 0. The summed E-state index contributed by atoms with van der Waals surface area (Å²) in [5, 5.41) is 11.7. The minimum absolute atomic E-state index is 0.0464. The van der Waals surface area contributed by atoms with Crippen LogP contribution in [0.4, 0.5) is 5.13 Å². The van der Waals surface area contributed by atoms with Crippen LogP contribution >= 0.6 is 11.3 Å². The van der Waals surface area contributed by atoms with Crippen molar-refractivity contribution in [3.05, 3.63) is 101 Å². The molecular formula is C29H26N2O3S. The van der Waals surface area contributed by atoms with E-state index in [-0.39, 0.29) is 16.7 Å². The lowest BCUT2D eigenvalue weighted by atomic mass is 9.85. The quantitative estimate of drug-likeness (QED) is 0.205. The molecule has 1 aliphatic heterocycles. The number of hydrogen-bond donors (Lipinski definition) is 1. The topological polar surface area (TPSA) is 70.5 Å². The molecule has 4 aromatic rings. The van der Waals surface area contributed by atoms with Crippen LogP contribution in [0.3, 0.4) is 0 Å². The highest BCUT2D eigenvalue weighted by Crippen LogP contribution is 2.44. The minimum Gasteiger partial charge on any atom is -0.507 e. The molecule has 0 radical (unpaired) electrons. The van der Waals surface area contributed by atoms with Gasteiger partial charge in [-0.25, -0.2) is 4.98 Å². The summed E-state index contributed by atoms with van der Waals surface area (Å²) in [4.78, 5) is 32.9. The Balaban J connectivity index is 1.72. The van der Waals surface area contributed by atoms with Crippen LogP contribution in [0.15, 0.2) is 78.4 Å². The lowest BCUT2D eigenvalue weighted by Crippen LogP contribution is -2.29. The maximum atomic E-state index is 13.4. The van der Waals surface area contributed by atoms with E-state index in [0.29, 0.717) is 10.7 Å². The van der Waals surface area contributed by atoms with Crippen molar-refractivity contribution in [2.24, 2.45) is 0 Å². The van der Waals surface area contributed by atoms with Crippen LogP contribution in [0, 0.1) is 6.92 Å². The summed E-state index contributed by atoms with van der Waals surface area (Å²) >= 11 is 1.37. The summed E-state index contributed by atoms with van der Waals surface area (Å²) < 4.78 is 0.937. The first-order valence-corrected chi connectivity index (χ1v) is 12.3. The van der Waals surface area contributed by atoms with Gasteiger partial charge in [-0.15, -0.1) is 0 Å². The van der Waals surface area contributed by atoms with E-state index in [1.165, 1.54) is 16.2 Å². The van der Waals surface area contributed by atoms with Gasteiger partial charge in [0.2, 0.25) is 0 Å². The molecule has 1 aromatic heterocycles. The maximum Gasteiger partial charge on any atom is 0.301 e. The summed E-state index contributed by atoms with van der Waals surface area (Å²) in [7, 11) is 0. The molecule has 0 bridgehead atoms. The number of aliphatic hydroxyl groups excluding tert-OH is 1. The molecule has 1 saturated heterocycles. The number of Topliss-reactive ketones (excluding diaryl/α,β-unsaturated/α-hetero) is 1. The highest BCUT2D eigenvalue weighted by Gasteiger charge is 2.48. The molecule has 5 rings (SSSR count). The number of carbonyl (C=O) groups is 2. The number of aromatic nitrogens is 1. The van der Waals surface area contributed by atoms with E-state index in [1.54, 1.807) is 24.3 Å². The van der Waals surface area contributed by atoms with Gasteiger partial charge in [0, 0.05) is 5.56 Å². The number of thiazole rings is 1. The van der Waals surface area contributed by atoms with E-state index in [2.05, 4.69) is 25.8 Å². The Hall–Kier alpha value is -3.77. The number of fused-ring (bicyclic) bond motifs is 1. The predicted octanol–water partition coefficient (Wildman–Crippen LogP) is 6.53. The van der Waals surface area contributed by atoms with Crippen molar-refractivity contribution < 1.29 is 14.7 Å². The second kappa shape index (κ2) is 8.47. The SMILES string of the molecule is Cc1ccc2nc(N3C(=O)C(=O)C(=C(O)c4ccccc4)[C@@H]3c3ccc(C(C)(C)C)cc3)sc2c1. The molecule has 0 unspecified atom stereocenters. The number of benzene rings is 3. The van der Waals surface area contributed by atoms with Gasteiger partial charge < -0.3 is 5.11 Å². The molecule has 1 fully saturated rings. The van der Waals surface area contributed by atoms with Gasteiger partial charge in [0.05, 0.1) is 21.8 Å². The second-order valence-electron chi connectivity index (χ2n) is 9.87. The minimum atomic E-state index is -0.786. The lowest BCUT2D eigenvalue weighted by molar-refractivity contribution is -0.132. The number of hydrogen-bond acceptors (Lipinski definition) is 5. The zero-order chi connectivity index (χ0) is 24.9. The van der Waals surface area contributed by atoms with Crippen LogP contribution in [-0.4, -0.2) is 21.8 Å². The Morgan fingerprint density at radius 3 is 2.31 bits per heavy atom. The molecule has 5 nitrogen and oxygen atoms in total. The molecule has 3 aromatic carbocycles. The Morgan fingerprint density at radius 1 is 0.971 bits per heavy atom. The Bertz CT molecular complexity index is 1480. The smallest absolute Gasteiger partial charge is 0.301 e. The van der Waals surface area contributed by atoms with Crippen LogP contribution in [0.5, 0.6) is 0 Å². The third-order valence-corrected chi connectivity index (χ3v) is 7.34. The molecule has 1 aliphatic rings.